The molecule has 0 saturated carbocycles. The van der Waals surface area contributed by atoms with Crippen LogP contribution in [0.1, 0.15) is 75.3 Å². The number of carbonyl (C=O) groups is 2. The minimum atomic E-state index is -4.52. The number of amides is 2. The molecule has 4 rings (SSSR count). The summed E-state index contributed by atoms with van der Waals surface area (Å²) in [6, 6.07) is 8.63. The lowest BCUT2D eigenvalue weighted by molar-refractivity contribution is -0.141. The molecule has 112 heteroatoms. The third kappa shape index (κ3) is 101. The van der Waals surface area contributed by atoms with Crippen molar-refractivity contribution in [3.8, 4) is 0 Å². The number of nitrogens with zero attached hydrogens (tertiary/aromatic N) is 3. The number of piperidine rings is 1. The van der Waals surface area contributed by atoms with E-state index < -0.39 is 29.5 Å². The molecule has 2 aliphatic rings. The summed E-state index contributed by atoms with van der Waals surface area (Å²) in [5.41, 5.74) is -0.911. The van der Waals surface area contributed by atoms with Gasteiger partial charge in [0.25, 0.3) is 0 Å². The van der Waals surface area contributed by atoms with Gasteiger partial charge in [-0.05, 0) is 59.6 Å². The molecule has 2 aromatic carbocycles. The number of carbonyl (C=O) groups excluding carboxylic acids is 2. The van der Waals surface area contributed by atoms with E-state index in [1.807, 2.05) is 781 Å². The Morgan fingerprint density at radius 3 is 0.562 bits per heavy atom. The maximum Gasteiger partial charge on any atom is 0.416 e. The van der Waals surface area contributed by atoms with Gasteiger partial charge < -0.3 is 9.80 Å². The van der Waals surface area contributed by atoms with Crippen molar-refractivity contribution in [3.05, 3.63) is 70.8 Å². The van der Waals surface area contributed by atoms with Crippen LogP contribution in [-0.4, -0.2) is 65.3 Å². The van der Waals surface area contributed by atoms with Gasteiger partial charge in [0.2, 0.25) is 11.8 Å². The molecule has 0 spiro atoms. The molecule has 0 aromatic heterocycles. The molecule has 2 amide bonds. The number of alkyl halides is 6. The van der Waals surface area contributed by atoms with E-state index in [4.69, 9.17) is 22.4 Å². The number of hydrogen-bond acceptors (Lipinski definition) is 5. The van der Waals surface area contributed by atoms with Crippen molar-refractivity contribution in [3.63, 3.8) is 0 Å². The molecule has 0 radical (unpaired) electrons. The largest absolute Gasteiger partial charge is 0.416 e. The SMILES string of the molecule is CC(=O)N1CCC(CC(=O)N2CCN(C(c3ccc(C(F)(F)F)cc3)c3ccc(C(F)(F)F)cc3)C[C@@H]2C(C)(C)C)CC1.S=S=S=S=S=S=S=S=S=S=S=S=S=S=S=S=S=S=S=S=S=S=S=S=S=S=S=S=S=S=S=S=S=S=S=S=S=S=S=S=S=S=S=S=S=S=S=S=S=S=S=S=S=S=S=S=S=S=S=S=S=S=S=S=S=S=S=S=S=S=S=S=S=S=S=S=S=S=S=S=S=S=S=S=S=S=S=S=S=S=S=S=S=S=S=S=S=S=S=S=S. The zero-order valence-corrected chi connectivity index (χ0v) is 149. The first-order valence-electron chi connectivity index (χ1n) is 31.2. The van der Waals surface area contributed by atoms with Gasteiger partial charge in [-0.25, -0.2) is 0 Å². The van der Waals surface area contributed by atoms with E-state index in [9.17, 15) is 35.9 Å². The summed E-state index contributed by atoms with van der Waals surface area (Å²) in [6.07, 6.45) is -7.15. The van der Waals surface area contributed by atoms with Crippen LogP contribution in [0.15, 0.2) is 48.5 Å². The molecule has 0 unspecified atom stereocenters. The van der Waals surface area contributed by atoms with Gasteiger partial charge in [0.05, 0.1) is 17.2 Å². The third-order valence-electron chi connectivity index (χ3n) is 11.4. The topological polar surface area (TPSA) is 43.9 Å². The Kier molecular flexibility index (Phi) is 130. The summed E-state index contributed by atoms with van der Waals surface area (Å²) in [5, 5.41) is 0. The van der Waals surface area contributed by atoms with Crippen molar-refractivity contribution in [2.45, 2.75) is 71.4 Å². The van der Waals surface area contributed by atoms with Crippen LogP contribution < -0.4 is 0 Å². The Balaban J connectivity index is 0.00000102. The van der Waals surface area contributed by atoms with Crippen LogP contribution in [0.4, 0.5) is 26.3 Å². The summed E-state index contributed by atoms with van der Waals surface area (Å²) >= 11 is 9.66. The Morgan fingerprint density at radius 1 is 0.264 bits per heavy atom. The average Bonchev–Trinajstić information content (AvgIpc) is 0.772. The third-order valence-corrected chi connectivity index (χ3v) is 229. The van der Waals surface area contributed by atoms with E-state index in [0.717, 1.165) is 37.1 Å². The van der Waals surface area contributed by atoms with Crippen molar-refractivity contribution in [1.82, 2.24) is 14.7 Å². The smallest absolute Gasteiger partial charge is 0.343 e. The van der Waals surface area contributed by atoms with Crippen LogP contribution in [0.3, 0.4) is 0 Å². The van der Waals surface area contributed by atoms with E-state index in [0.29, 0.717) is 50.3 Å². The standard InChI is InChI=1S/C32H39F6N3O2.S101/c1-21(42)39-15-13-22(14-16-39)19-28(43)41-18-17-40(20-27(41)30(2,3)4)29(23-5-9-25(10-6-23)31(33,34)35)24-7-11-26(12-8-24)32(36,37)38;1-3-5-7-9-11-13-15-17-19-21-23-25-27-29-31-33-35-37-39-41-43-45-47-49-51-53-55-57-59-61-63-65-67-69-71-73-75-77-79-81-83-85-87-89-91-93-95-97-99-101-100-98-96-94-92-90-88-86-84-82-80-78-76-74-72-70-68-66-64-62-60-58-56-54-52-50-48-46-44-42-40-38-36-34-32-30-28-26-24-22-20-18-16-14-12-10-8-6-4-2/h5-12,22,27,29H,13-20H2,1-4H3;/t27-;/m1./s1. The van der Waals surface area contributed by atoms with Gasteiger partial charge in [-0.1, -0.05) is 45.0 Å². The normalized spacial score (nSPS) is 11.4. The quantitative estimate of drug-likeness (QED) is 0.310. The van der Waals surface area contributed by atoms with Crippen LogP contribution in [0, 0.1) is 11.3 Å². The second-order valence-electron chi connectivity index (χ2n) is 19.5. The predicted octanol–water partition coefficient (Wildman–Crippen LogP) is 6.78. The van der Waals surface area contributed by atoms with Crippen molar-refractivity contribution in [2.75, 3.05) is 32.7 Å². The lowest BCUT2D eigenvalue weighted by Gasteiger charge is -2.50. The van der Waals surface area contributed by atoms with Gasteiger partial charge in [0.1, 0.15) is 0 Å². The fourth-order valence-electron chi connectivity index (χ4n) is 7.32. The zero-order chi connectivity index (χ0) is 104. The van der Waals surface area contributed by atoms with Crippen LogP contribution >= 0.6 is 0 Å². The number of piperazine rings is 1. The molecular formula is C32H39F6N3O2S101. The summed E-state index contributed by atoms with van der Waals surface area (Å²) in [7, 11) is 179. The molecular weight excluding hydrogens is 3810 g/mol. The fraction of sp³-hybridized carbons (Fsp3) is 0.562. The highest BCUT2D eigenvalue weighted by molar-refractivity contribution is 8.87. The highest BCUT2D eigenvalue weighted by Gasteiger charge is 2.41. The molecule has 2 aromatic rings. The lowest BCUT2D eigenvalue weighted by atomic mass is 9.82. The second kappa shape index (κ2) is 119. The van der Waals surface area contributed by atoms with E-state index in [1.165, 1.54) is 42.0 Å². The van der Waals surface area contributed by atoms with Crippen molar-refractivity contribution in [2.24, 2.45) is 11.3 Å². The molecule has 2 aliphatic heterocycles. The Morgan fingerprint density at radius 2 is 0.424 bits per heavy atom. The zero-order valence-electron chi connectivity index (χ0n) is 66.2. The monoisotopic (exact) mass is 3840 g/mol. The Hall–Kier alpha value is 19.1. The van der Waals surface area contributed by atoms with E-state index >= 15 is 0 Å². The first-order valence-corrected chi connectivity index (χ1v) is 165. The highest BCUT2D eigenvalue weighted by atomic mass is 33.6. The molecule has 2 fully saturated rings. The first kappa shape index (κ1) is 157. The fourth-order valence-corrected chi connectivity index (χ4v) is 274. The van der Waals surface area contributed by atoms with Crippen LogP contribution in [0.5, 0.6) is 0 Å². The van der Waals surface area contributed by atoms with Crippen LogP contribution in [-0.2, 0) is 923 Å². The maximum absolute atomic E-state index is 13.6. The molecule has 2 saturated heterocycles. The summed E-state index contributed by atoms with van der Waals surface area (Å²) in [6.45, 7) is 10.1. The number of rotatable bonds is 5. The molecule has 5 nitrogen and oxygen atoms in total. The van der Waals surface area contributed by atoms with Gasteiger partial charge in [-0.15, -0.1) is 0 Å². The first-order chi connectivity index (χ1) is 70.4. The molecule has 1 atom stereocenters. The number of halogens is 6. The van der Waals surface area contributed by atoms with Crippen molar-refractivity contribution >= 4 is 913 Å². The molecule has 0 aliphatic carbocycles. The van der Waals surface area contributed by atoms with Crippen molar-refractivity contribution in [1.29, 1.82) is 0 Å². The minimum absolute atomic E-state index is 0.0291. The average molecular weight is 3850 g/mol. The van der Waals surface area contributed by atoms with Gasteiger partial charge in [0, 0.05) is 954 Å². The van der Waals surface area contributed by atoms with Gasteiger partial charge in [-0.2, -0.15) is 26.3 Å². The van der Waals surface area contributed by atoms with Gasteiger partial charge in [0.15, 0.2) is 0 Å². The van der Waals surface area contributed by atoms with Crippen LogP contribution in [0.25, 0.3) is 0 Å². The van der Waals surface area contributed by atoms with Gasteiger partial charge >= 0.3 is 12.4 Å². The van der Waals surface area contributed by atoms with Crippen molar-refractivity contribution < 1.29 is 35.9 Å². The van der Waals surface area contributed by atoms with E-state index in [1.54, 1.807) is 118 Å². The Bertz CT molecular complexity index is 9700. The molecule has 842 valence electrons. The van der Waals surface area contributed by atoms with Crippen LogP contribution in [0.2, 0.25) is 0 Å². The van der Waals surface area contributed by atoms with E-state index in [-0.39, 0.29) is 29.2 Å². The summed E-state index contributed by atoms with van der Waals surface area (Å²) < 4.78 is 79.8. The number of hydrogen-bond donors (Lipinski definition) is 0. The highest BCUT2D eigenvalue weighted by Crippen LogP contribution is 2.39. The minimum Gasteiger partial charge on any atom is -0.343 e. The molecule has 144 heavy (non-hydrogen) atoms. The maximum atomic E-state index is 13.6. The second-order valence-corrected chi connectivity index (χ2v) is 195. The molecule has 2 heterocycles. The summed E-state index contributed by atoms with van der Waals surface area (Å²) in [4.78, 5) is 31.1. The lowest BCUT2D eigenvalue weighted by Crippen LogP contribution is -2.60. The molecule has 0 N–H and O–H groups in total. The number of likely N-dealkylation sites (tertiary alicyclic amines) is 1. The summed E-state index contributed by atoms with van der Waals surface area (Å²) in [5.74, 6) is 0.236. The molecule has 0 bridgehead atoms. The Labute approximate surface area is 1120 Å². The van der Waals surface area contributed by atoms with Gasteiger partial charge in [-0.3, -0.25) is 14.5 Å². The van der Waals surface area contributed by atoms with E-state index in [2.05, 4.69) is 4.90 Å². The predicted molar refractivity (Wildman–Crippen MR) is 895 cm³/mol. The number of benzene rings is 2.